The van der Waals surface area contributed by atoms with Crippen LogP contribution in [0.5, 0.6) is 0 Å². The first-order chi connectivity index (χ1) is 16.8. The first-order valence-electron chi connectivity index (χ1n) is 13.5. The van der Waals surface area contributed by atoms with Crippen LogP contribution in [-0.4, -0.2) is 74.1 Å². The molecule has 0 radical (unpaired) electrons. The predicted molar refractivity (Wildman–Crippen MR) is 155 cm³/mol. The van der Waals surface area contributed by atoms with Gasteiger partial charge in [0.15, 0.2) is 0 Å². The Kier molecular flexibility index (Phi) is 8.37. The fourth-order valence-corrected chi connectivity index (χ4v) is 5.02. The van der Waals surface area contributed by atoms with Crippen molar-refractivity contribution in [1.29, 1.82) is 0 Å². The zero-order valence-electron chi connectivity index (χ0n) is 25.2. The smallest absolute Gasteiger partial charge is 0.444 e. The zero-order chi connectivity index (χ0) is 28.0. The van der Waals surface area contributed by atoms with Crippen LogP contribution in [0.3, 0.4) is 0 Å². The van der Waals surface area contributed by atoms with E-state index in [9.17, 15) is 4.79 Å². The summed E-state index contributed by atoms with van der Waals surface area (Å²) in [6.45, 7) is 28.9. The lowest BCUT2D eigenvalue weighted by atomic mass is 9.71. The Bertz CT molecular complexity index is 1070. The van der Waals surface area contributed by atoms with Crippen LogP contribution in [-0.2, 0) is 20.6 Å². The number of carbonyl (C=O) groups is 1. The minimum Gasteiger partial charge on any atom is -0.444 e. The van der Waals surface area contributed by atoms with E-state index >= 15 is 0 Å². The van der Waals surface area contributed by atoms with Crippen LogP contribution >= 0.6 is 0 Å². The Hall–Kier alpha value is -1.79. The highest BCUT2D eigenvalue weighted by atomic mass is 28.3. The standard InChI is InChI=1S/C29H47BN2O4Si/c1-21-23(13-18-37(10,11)12)19-24(22(2)25(21)30-35-28(6,7)29(8,9)36-30)20-31-14-16-32(17-15-31)26(33)34-27(3,4)5/h19H,14-17,20H2,1-12H3. The molecular formula is C29H47BN2O4Si. The van der Waals surface area contributed by atoms with Gasteiger partial charge in [-0.05, 0) is 90.5 Å². The van der Waals surface area contributed by atoms with Gasteiger partial charge in [0, 0.05) is 38.3 Å². The molecule has 1 aromatic carbocycles. The van der Waals surface area contributed by atoms with Gasteiger partial charge in [-0.1, -0.05) is 25.6 Å². The zero-order valence-corrected chi connectivity index (χ0v) is 26.2. The average molecular weight is 527 g/mol. The van der Waals surface area contributed by atoms with Gasteiger partial charge in [0.2, 0.25) is 0 Å². The Balaban J connectivity index is 1.90. The molecule has 2 heterocycles. The van der Waals surface area contributed by atoms with Gasteiger partial charge < -0.3 is 18.9 Å². The van der Waals surface area contributed by atoms with Crippen molar-refractivity contribution in [2.45, 2.75) is 105 Å². The average Bonchev–Trinajstić information content (AvgIpc) is 2.94. The van der Waals surface area contributed by atoms with Crippen LogP contribution in [0.2, 0.25) is 19.6 Å². The fraction of sp³-hybridized carbons (Fsp3) is 0.690. The van der Waals surface area contributed by atoms with Crippen molar-refractivity contribution in [3.05, 3.63) is 28.3 Å². The van der Waals surface area contributed by atoms with Gasteiger partial charge in [-0.2, -0.15) is 0 Å². The number of carbonyl (C=O) groups excluding carboxylic acids is 1. The number of nitrogens with zero attached hydrogens (tertiary/aromatic N) is 2. The SMILES string of the molecule is Cc1c(C#C[Si](C)(C)C)cc(CN2CCN(C(=O)OC(C)(C)C)CC2)c(C)c1B1OC(C)(C)C(C)(C)O1. The minimum absolute atomic E-state index is 0.231. The van der Waals surface area contributed by atoms with Crippen LogP contribution in [0.1, 0.15) is 70.7 Å². The van der Waals surface area contributed by atoms with Gasteiger partial charge in [0.05, 0.1) is 11.2 Å². The maximum Gasteiger partial charge on any atom is 0.495 e. The summed E-state index contributed by atoms with van der Waals surface area (Å²) in [4.78, 5) is 16.7. The second-order valence-corrected chi connectivity index (χ2v) is 18.3. The molecule has 2 saturated heterocycles. The quantitative estimate of drug-likeness (QED) is 0.415. The molecule has 3 rings (SSSR count). The summed E-state index contributed by atoms with van der Waals surface area (Å²) in [6, 6.07) is 2.26. The topological polar surface area (TPSA) is 51.2 Å². The van der Waals surface area contributed by atoms with Gasteiger partial charge in [-0.3, -0.25) is 4.90 Å². The summed E-state index contributed by atoms with van der Waals surface area (Å²) in [5.41, 5.74) is 7.98. The van der Waals surface area contributed by atoms with Crippen molar-refractivity contribution in [1.82, 2.24) is 9.80 Å². The van der Waals surface area contributed by atoms with Gasteiger partial charge in [-0.25, -0.2) is 4.79 Å². The summed E-state index contributed by atoms with van der Waals surface area (Å²) in [7, 11) is -1.98. The number of piperazine rings is 1. The predicted octanol–water partition coefficient (Wildman–Crippen LogP) is 4.88. The summed E-state index contributed by atoms with van der Waals surface area (Å²) in [5, 5.41) is 0. The Morgan fingerprint density at radius 2 is 1.57 bits per heavy atom. The van der Waals surface area contributed by atoms with Crippen molar-refractivity contribution >= 4 is 26.7 Å². The van der Waals surface area contributed by atoms with Crippen molar-refractivity contribution in [3.63, 3.8) is 0 Å². The molecule has 0 unspecified atom stereocenters. The molecule has 0 saturated carbocycles. The highest BCUT2D eigenvalue weighted by Crippen LogP contribution is 2.37. The van der Waals surface area contributed by atoms with E-state index < -0.39 is 32.0 Å². The van der Waals surface area contributed by atoms with E-state index in [4.69, 9.17) is 14.0 Å². The molecule has 0 aromatic heterocycles. The minimum atomic E-state index is -1.55. The third kappa shape index (κ3) is 7.20. The van der Waals surface area contributed by atoms with E-state index in [1.54, 1.807) is 0 Å². The molecule has 0 N–H and O–H groups in total. The van der Waals surface area contributed by atoms with E-state index in [1.165, 1.54) is 11.1 Å². The van der Waals surface area contributed by atoms with E-state index in [-0.39, 0.29) is 6.09 Å². The molecule has 6 nitrogen and oxygen atoms in total. The summed E-state index contributed by atoms with van der Waals surface area (Å²) in [6.07, 6.45) is -0.231. The molecule has 2 fully saturated rings. The first kappa shape index (κ1) is 29.8. The molecule has 0 bridgehead atoms. The largest absolute Gasteiger partial charge is 0.495 e. The third-order valence-corrected chi connectivity index (χ3v) is 8.37. The Morgan fingerprint density at radius 1 is 1.03 bits per heavy atom. The molecule has 0 aliphatic carbocycles. The lowest BCUT2D eigenvalue weighted by Gasteiger charge is -2.36. The fourth-order valence-electron chi connectivity index (χ4n) is 4.51. The number of rotatable bonds is 3. The van der Waals surface area contributed by atoms with Crippen LogP contribution in [0.4, 0.5) is 4.79 Å². The monoisotopic (exact) mass is 526 g/mol. The second-order valence-electron chi connectivity index (χ2n) is 13.6. The van der Waals surface area contributed by atoms with Gasteiger partial charge in [0.1, 0.15) is 13.7 Å². The van der Waals surface area contributed by atoms with Gasteiger partial charge in [0.25, 0.3) is 0 Å². The first-order valence-corrected chi connectivity index (χ1v) is 17.0. The van der Waals surface area contributed by atoms with Crippen molar-refractivity contribution < 1.29 is 18.8 Å². The molecule has 204 valence electrons. The summed E-state index contributed by atoms with van der Waals surface area (Å²) >= 11 is 0. The molecular weight excluding hydrogens is 479 g/mol. The molecule has 1 aromatic rings. The van der Waals surface area contributed by atoms with Gasteiger partial charge >= 0.3 is 13.2 Å². The number of hydrogen-bond donors (Lipinski definition) is 0. The maximum absolute atomic E-state index is 12.5. The second kappa shape index (κ2) is 10.4. The van der Waals surface area contributed by atoms with Crippen LogP contribution in [0.25, 0.3) is 0 Å². The van der Waals surface area contributed by atoms with E-state index in [0.29, 0.717) is 13.1 Å². The van der Waals surface area contributed by atoms with Crippen LogP contribution < -0.4 is 5.46 Å². The molecule has 2 aliphatic heterocycles. The molecule has 2 aliphatic rings. The van der Waals surface area contributed by atoms with Crippen molar-refractivity contribution in [3.8, 4) is 11.5 Å². The Morgan fingerprint density at radius 3 is 2.05 bits per heavy atom. The highest BCUT2D eigenvalue weighted by molar-refractivity contribution is 6.83. The molecule has 37 heavy (non-hydrogen) atoms. The number of hydrogen-bond acceptors (Lipinski definition) is 5. The number of benzene rings is 1. The number of amides is 1. The molecule has 1 amide bonds. The van der Waals surface area contributed by atoms with Gasteiger partial charge in [-0.15, -0.1) is 5.54 Å². The van der Waals surface area contributed by atoms with E-state index in [1.807, 2.05) is 25.7 Å². The van der Waals surface area contributed by atoms with Crippen LogP contribution in [0, 0.1) is 25.3 Å². The van der Waals surface area contributed by atoms with E-state index in [0.717, 1.165) is 36.2 Å². The molecule has 0 spiro atoms. The Labute approximate surface area is 226 Å². The lowest BCUT2D eigenvalue weighted by Crippen LogP contribution is -2.49. The highest BCUT2D eigenvalue weighted by Gasteiger charge is 2.52. The third-order valence-electron chi connectivity index (χ3n) is 7.49. The van der Waals surface area contributed by atoms with Crippen molar-refractivity contribution in [2.75, 3.05) is 26.2 Å². The summed E-state index contributed by atoms with van der Waals surface area (Å²) in [5.74, 6) is 3.52. The molecule has 0 atom stereocenters. The maximum atomic E-state index is 12.5. The van der Waals surface area contributed by atoms with Crippen molar-refractivity contribution in [2.24, 2.45) is 0 Å². The normalized spacial score (nSPS) is 20.0. The lowest BCUT2D eigenvalue weighted by molar-refractivity contribution is 0.00578. The van der Waals surface area contributed by atoms with E-state index in [2.05, 4.69) is 83.6 Å². The van der Waals surface area contributed by atoms with Crippen LogP contribution in [0.15, 0.2) is 6.07 Å². The molecule has 8 heteroatoms. The summed E-state index contributed by atoms with van der Waals surface area (Å²) < 4.78 is 18.6. The number of ether oxygens (including phenoxy) is 1.